The molecule has 2 saturated carbocycles. The lowest BCUT2D eigenvalue weighted by Gasteiger charge is -2.30. The zero-order chi connectivity index (χ0) is 26.3. The molecule has 3 aromatic rings. The molecule has 1 saturated heterocycles. The van der Waals surface area contributed by atoms with Crippen LogP contribution >= 0.6 is 0 Å². The summed E-state index contributed by atoms with van der Waals surface area (Å²) in [5, 5.41) is 23.0. The summed E-state index contributed by atoms with van der Waals surface area (Å²) < 4.78 is 14.5. The largest absolute Gasteiger partial charge is 0.393 e. The van der Waals surface area contributed by atoms with E-state index in [-0.39, 0.29) is 18.1 Å². The number of carbonyl (C=O) groups excluding carboxylic acids is 1. The predicted octanol–water partition coefficient (Wildman–Crippen LogP) is 2.41. The van der Waals surface area contributed by atoms with E-state index < -0.39 is 5.54 Å². The first-order valence-corrected chi connectivity index (χ1v) is 13.7. The first-order chi connectivity index (χ1) is 18.5. The molecule has 2 N–H and O–H groups in total. The van der Waals surface area contributed by atoms with Crippen molar-refractivity contribution in [3.63, 3.8) is 0 Å². The van der Waals surface area contributed by atoms with Gasteiger partial charge in [0.2, 0.25) is 5.95 Å². The number of hydrogen-bond acceptors (Lipinski definition) is 8. The highest BCUT2D eigenvalue weighted by atomic mass is 16.5. The Balaban J connectivity index is 1.34. The van der Waals surface area contributed by atoms with E-state index in [1.165, 1.54) is 0 Å². The van der Waals surface area contributed by atoms with Crippen LogP contribution in [0.25, 0.3) is 16.6 Å². The summed E-state index contributed by atoms with van der Waals surface area (Å²) in [7, 11) is 1.68. The smallest absolute Gasteiger partial charge is 0.250 e. The van der Waals surface area contributed by atoms with Gasteiger partial charge in [-0.1, -0.05) is 0 Å². The van der Waals surface area contributed by atoms with Gasteiger partial charge in [0.25, 0.3) is 5.91 Å². The molecule has 4 heterocycles. The summed E-state index contributed by atoms with van der Waals surface area (Å²) >= 11 is 0. The SMILES string of the molecule is COC[C@H](C)Nc1ncc2c(-c3cnn(C4(C(=O)N5CCOCC5)CC4)c3)cc([C@H]3CC[C@H](O)CC3)n2n1. The van der Waals surface area contributed by atoms with E-state index in [2.05, 4.69) is 21.5 Å². The molecule has 3 aliphatic rings. The van der Waals surface area contributed by atoms with Crippen molar-refractivity contribution in [1.29, 1.82) is 0 Å². The number of carbonyl (C=O) groups is 1. The van der Waals surface area contributed by atoms with Crippen molar-refractivity contribution < 1.29 is 19.4 Å². The zero-order valence-corrected chi connectivity index (χ0v) is 22.2. The second-order valence-corrected chi connectivity index (χ2v) is 11.0. The number of aliphatic hydroxyl groups is 1. The van der Waals surface area contributed by atoms with Crippen LogP contribution in [0.2, 0.25) is 0 Å². The molecule has 11 heteroatoms. The molecule has 204 valence electrons. The molecule has 0 radical (unpaired) electrons. The summed E-state index contributed by atoms with van der Waals surface area (Å²) in [6, 6.07) is 2.26. The highest BCUT2D eigenvalue weighted by Crippen LogP contribution is 2.46. The van der Waals surface area contributed by atoms with Gasteiger partial charge in [-0.25, -0.2) is 9.50 Å². The van der Waals surface area contributed by atoms with Crippen LogP contribution in [-0.2, 0) is 19.8 Å². The number of ether oxygens (including phenoxy) is 2. The zero-order valence-electron chi connectivity index (χ0n) is 22.2. The third-order valence-electron chi connectivity index (χ3n) is 8.20. The molecule has 0 bridgehead atoms. The Morgan fingerprint density at radius 2 is 2.00 bits per heavy atom. The number of morpholine rings is 1. The third-order valence-corrected chi connectivity index (χ3v) is 8.20. The second kappa shape index (κ2) is 10.3. The van der Waals surface area contributed by atoms with Gasteiger partial charge >= 0.3 is 0 Å². The van der Waals surface area contributed by atoms with Gasteiger partial charge in [-0.3, -0.25) is 9.48 Å². The minimum absolute atomic E-state index is 0.0673. The summed E-state index contributed by atoms with van der Waals surface area (Å²) in [5.41, 5.74) is 3.38. The van der Waals surface area contributed by atoms with Gasteiger partial charge in [0.15, 0.2) is 0 Å². The van der Waals surface area contributed by atoms with E-state index >= 15 is 0 Å². The van der Waals surface area contributed by atoms with Gasteiger partial charge in [-0.2, -0.15) is 5.10 Å². The minimum atomic E-state index is -0.585. The fraction of sp³-hybridized carbons (Fsp3) is 0.630. The number of aromatic nitrogens is 5. The lowest BCUT2D eigenvalue weighted by Crippen LogP contribution is -2.47. The van der Waals surface area contributed by atoms with Gasteiger partial charge < -0.3 is 24.8 Å². The number of fused-ring (bicyclic) bond motifs is 1. The second-order valence-electron chi connectivity index (χ2n) is 11.0. The van der Waals surface area contributed by atoms with Crippen LogP contribution in [0.15, 0.2) is 24.7 Å². The Labute approximate surface area is 222 Å². The number of nitrogens with one attached hydrogen (secondary N) is 1. The average Bonchev–Trinajstić information content (AvgIpc) is 3.43. The Kier molecular flexibility index (Phi) is 6.83. The number of amides is 1. The minimum Gasteiger partial charge on any atom is -0.393 e. The molecule has 11 nitrogen and oxygen atoms in total. The van der Waals surface area contributed by atoms with Gasteiger partial charge in [-0.15, -0.1) is 5.10 Å². The van der Waals surface area contributed by atoms with Crippen molar-refractivity contribution >= 4 is 17.4 Å². The lowest BCUT2D eigenvalue weighted by atomic mass is 9.85. The Bertz CT molecular complexity index is 1290. The summed E-state index contributed by atoms with van der Waals surface area (Å²) in [6.07, 6.45) is 10.5. The molecule has 38 heavy (non-hydrogen) atoms. The molecule has 1 atom stereocenters. The standard InChI is InChI=1S/C27H37N7O4/c1-18(17-37-2)30-26-28-15-24-22(13-23(34(24)31-26)19-3-5-21(35)6-4-19)20-14-29-33(16-20)27(7-8-27)25(36)32-9-11-38-12-10-32/h13-16,18-19,21,35H,3-12,17H2,1-2H3,(H,30,31)/t18-,19-,21-/m0/s1. The van der Waals surface area contributed by atoms with Gasteiger partial charge in [-0.05, 0) is 51.5 Å². The lowest BCUT2D eigenvalue weighted by molar-refractivity contribution is -0.140. The Hall–Kier alpha value is -3.02. The van der Waals surface area contributed by atoms with Crippen molar-refractivity contribution in [2.75, 3.05) is 45.3 Å². The summed E-state index contributed by atoms with van der Waals surface area (Å²) in [4.78, 5) is 19.9. The molecule has 1 aliphatic heterocycles. The number of anilines is 1. The summed E-state index contributed by atoms with van der Waals surface area (Å²) in [5.74, 6) is 0.986. The van der Waals surface area contributed by atoms with E-state index in [0.717, 1.165) is 60.9 Å². The van der Waals surface area contributed by atoms with E-state index in [0.29, 0.717) is 44.8 Å². The van der Waals surface area contributed by atoms with Crippen LogP contribution in [0.3, 0.4) is 0 Å². The van der Waals surface area contributed by atoms with Gasteiger partial charge in [0, 0.05) is 55.2 Å². The van der Waals surface area contributed by atoms with Crippen LogP contribution in [0, 0.1) is 0 Å². The first-order valence-electron chi connectivity index (χ1n) is 13.7. The molecule has 0 unspecified atom stereocenters. The first kappa shape index (κ1) is 25.3. The van der Waals surface area contributed by atoms with Crippen molar-refractivity contribution in [1.82, 2.24) is 29.3 Å². The monoisotopic (exact) mass is 523 g/mol. The normalized spacial score (nSPS) is 23.9. The number of aliphatic hydroxyl groups excluding tert-OH is 1. The van der Waals surface area contributed by atoms with Crippen LogP contribution < -0.4 is 5.32 Å². The third kappa shape index (κ3) is 4.67. The molecular weight excluding hydrogens is 486 g/mol. The molecule has 0 spiro atoms. The average molecular weight is 524 g/mol. The molecule has 2 aliphatic carbocycles. The van der Waals surface area contributed by atoms with Crippen molar-refractivity contribution in [3.05, 3.63) is 30.4 Å². The van der Waals surface area contributed by atoms with Crippen LogP contribution in [-0.4, -0.2) is 92.5 Å². The fourth-order valence-corrected chi connectivity index (χ4v) is 5.90. The number of rotatable bonds is 8. The maximum absolute atomic E-state index is 13.4. The van der Waals surface area contributed by atoms with E-state index in [1.807, 2.05) is 39.6 Å². The van der Waals surface area contributed by atoms with E-state index in [4.69, 9.17) is 14.6 Å². The van der Waals surface area contributed by atoms with Gasteiger partial charge in [0.1, 0.15) is 5.54 Å². The number of nitrogens with zero attached hydrogens (tertiary/aromatic N) is 6. The highest BCUT2D eigenvalue weighted by molar-refractivity contribution is 5.88. The van der Waals surface area contributed by atoms with Crippen molar-refractivity contribution in [2.45, 2.75) is 69.1 Å². The molecular formula is C27H37N7O4. The molecule has 6 rings (SSSR count). The molecule has 0 aromatic carbocycles. The maximum atomic E-state index is 13.4. The van der Waals surface area contributed by atoms with Crippen LogP contribution in [0.5, 0.6) is 0 Å². The quantitative estimate of drug-likeness (QED) is 0.462. The topological polar surface area (TPSA) is 119 Å². The molecule has 3 fully saturated rings. The van der Waals surface area contributed by atoms with Crippen molar-refractivity contribution in [3.8, 4) is 11.1 Å². The number of methoxy groups -OCH3 is 1. The summed E-state index contributed by atoms with van der Waals surface area (Å²) in [6.45, 7) is 5.03. The van der Waals surface area contributed by atoms with Crippen LogP contribution in [0.4, 0.5) is 5.95 Å². The van der Waals surface area contributed by atoms with E-state index in [1.54, 1.807) is 7.11 Å². The van der Waals surface area contributed by atoms with Gasteiger partial charge in [0.05, 0.1) is 43.8 Å². The predicted molar refractivity (Wildman–Crippen MR) is 141 cm³/mol. The highest BCUT2D eigenvalue weighted by Gasteiger charge is 2.54. The maximum Gasteiger partial charge on any atom is 0.250 e. The van der Waals surface area contributed by atoms with Crippen LogP contribution in [0.1, 0.15) is 57.1 Å². The Morgan fingerprint density at radius 1 is 1.24 bits per heavy atom. The Morgan fingerprint density at radius 3 is 2.71 bits per heavy atom. The fourth-order valence-electron chi connectivity index (χ4n) is 5.90. The van der Waals surface area contributed by atoms with E-state index in [9.17, 15) is 9.90 Å². The number of hydrogen-bond donors (Lipinski definition) is 2. The molecule has 1 amide bonds. The van der Waals surface area contributed by atoms with Crippen molar-refractivity contribution in [2.24, 2.45) is 0 Å². The molecule has 3 aromatic heterocycles.